The molecule has 2 unspecified atom stereocenters. The lowest BCUT2D eigenvalue weighted by molar-refractivity contribution is 0.231. The lowest BCUT2D eigenvalue weighted by atomic mass is 10.1. The molecular weight excluding hydrogens is 362 g/mol. The van der Waals surface area contributed by atoms with Crippen molar-refractivity contribution in [2.75, 3.05) is 42.9 Å². The molecule has 1 aliphatic heterocycles. The maximum atomic E-state index is 12.3. The number of aromatic nitrogens is 1. The molecule has 29 heavy (non-hydrogen) atoms. The van der Waals surface area contributed by atoms with E-state index in [2.05, 4.69) is 51.4 Å². The SMILES string of the molecule is CC(C)CN1CCN(c2ccc(NC(=O)NC3CC3c3ccccc3)cn2)CC1. The Morgan fingerprint density at radius 2 is 1.86 bits per heavy atom. The van der Waals surface area contributed by atoms with E-state index >= 15 is 0 Å². The minimum absolute atomic E-state index is 0.162. The van der Waals surface area contributed by atoms with E-state index in [-0.39, 0.29) is 12.1 Å². The average molecular weight is 394 g/mol. The Balaban J connectivity index is 1.23. The zero-order valence-corrected chi connectivity index (χ0v) is 17.3. The summed E-state index contributed by atoms with van der Waals surface area (Å²) < 4.78 is 0. The Morgan fingerprint density at radius 3 is 2.52 bits per heavy atom. The smallest absolute Gasteiger partial charge is 0.319 e. The first kappa shape index (κ1) is 19.7. The number of rotatable bonds is 6. The van der Waals surface area contributed by atoms with Crippen LogP contribution >= 0.6 is 0 Å². The van der Waals surface area contributed by atoms with E-state index in [4.69, 9.17) is 0 Å². The first-order chi connectivity index (χ1) is 14.1. The van der Waals surface area contributed by atoms with E-state index in [1.807, 2.05) is 30.3 Å². The summed E-state index contributed by atoms with van der Waals surface area (Å²) in [5.41, 5.74) is 2.01. The third-order valence-corrected chi connectivity index (χ3v) is 5.66. The van der Waals surface area contributed by atoms with Crippen molar-refractivity contribution >= 4 is 17.5 Å². The van der Waals surface area contributed by atoms with Gasteiger partial charge in [-0.3, -0.25) is 4.90 Å². The Hall–Kier alpha value is -2.60. The lowest BCUT2D eigenvalue weighted by Gasteiger charge is -2.36. The van der Waals surface area contributed by atoms with Crippen molar-refractivity contribution in [3.63, 3.8) is 0 Å². The molecule has 2 atom stereocenters. The second-order valence-corrected chi connectivity index (χ2v) is 8.54. The van der Waals surface area contributed by atoms with Crippen LogP contribution in [0.3, 0.4) is 0 Å². The Kier molecular flexibility index (Phi) is 6.00. The molecule has 2 aliphatic rings. The molecule has 4 rings (SSSR count). The number of nitrogens with one attached hydrogen (secondary N) is 2. The average Bonchev–Trinajstić information content (AvgIpc) is 3.48. The summed E-state index contributed by atoms with van der Waals surface area (Å²) in [7, 11) is 0. The summed E-state index contributed by atoms with van der Waals surface area (Å²) in [6.45, 7) is 9.83. The Morgan fingerprint density at radius 1 is 1.10 bits per heavy atom. The highest BCUT2D eigenvalue weighted by Crippen LogP contribution is 2.40. The van der Waals surface area contributed by atoms with Crippen LogP contribution in [0, 0.1) is 5.92 Å². The third-order valence-electron chi connectivity index (χ3n) is 5.66. The van der Waals surface area contributed by atoms with E-state index in [9.17, 15) is 4.79 Å². The van der Waals surface area contributed by atoms with Gasteiger partial charge in [-0.25, -0.2) is 9.78 Å². The molecule has 2 amide bonds. The fraction of sp³-hybridized carbons (Fsp3) is 0.478. The van der Waals surface area contributed by atoms with Crippen molar-refractivity contribution < 1.29 is 4.79 Å². The number of carbonyl (C=O) groups excluding carboxylic acids is 1. The molecule has 1 aromatic carbocycles. The van der Waals surface area contributed by atoms with Crippen LogP contribution in [0.1, 0.15) is 31.7 Å². The predicted molar refractivity (Wildman–Crippen MR) is 117 cm³/mol. The largest absolute Gasteiger partial charge is 0.354 e. The van der Waals surface area contributed by atoms with Crippen LogP contribution in [0.5, 0.6) is 0 Å². The minimum Gasteiger partial charge on any atom is -0.354 e. The molecule has 2 N–H and O–H groups in total. The molecule has 0 radical (unpaired) electrons. The van der Waals surface area contributed by atoms with E-state index in [0.29, 0.717) is 11.8 Å². The van der Waals surface area contributed by atoms with Gasteiger partial charge in [-0.1, -0.05) is 44.2 Å². The molecule has 0 spiro atoms. The number of amides is 2. The third kappa shape index (κ3) is 5.26. The molecule has 2 aromatic rings. The number of nitrogens with zero attached hydrogens (tertiary/aromatic N) is 3. The topological polar surface area (TPSA) is 60.5 Å². The predicted octanol–water partition coefficient (Wildman–Crippen LogP) is 3.54. The van der Waals surface area contributed by atoms with Crippen molar-refractivity contribution in [1.29, 1.82) is 0 Å². The van der Waals surface area contributed by atoms with Gasteiger partial charge in [0, 0.05) is 44.7 Å². The standard InChI is InChI=1S/C23H31N5O/c1-17(2)16-27-10-12-28(13-11-27)22-9-8-19(15-24-22)25-23(29)26-21-14-20(21)18-6-4-3-5-7-18/h3-9,15,17,20-21H,10-14,16H2,1-2H3,(H2,25,26,29). The van der Waals surface area contributed by atoms with E-state index in [1.165, 1.54) is 5.56 Å². The number of benzene rings is 1. The Bertz CT molecular complexity index is 800. The number of pyridine rings is 1. The van der Waals surface area contributed by atoms with Gasteiger partial charge in [0.15, 0.2) is 0 Å². The molecule has 2 heterocycles. The molecule has 1 aromatic heterocycles. The molecule has 1 aliphatic carbocycles. The number of anilines is 2. The lowest BCUT2D eigenvalue weighted by Crippen LogP contribution is -2.47. The van der Waals surface area contributed by atoms with Crippen LogP contribution < -0.4 is 15.5 Å². The maximum Gasteiger partial charge on any atom is 0.319 e. The second-order valence-electron chi connectivity index (χ2n) is 8.54. The fourth-order valence-electron chi connectivity index (χ4n) is 4.08. The second kappa shape index (κ2) is 8.82. The highest BCUT2D eigenvalue weighted by atomic mass is 16.2. The first-order valence-corrected chi connectivity index (χ1v) is 10.6. The van der Waals surface area contributed by atoms with Crippen molar-refractivity contribution in [2.24, 2.45) is 5.92 Å². The van der Waals surface area contributed by atoms with Crippen molar-refractivity contribution in [3.8, 4) is 0 Å². The number of piperazine rings is 1. The summed E-state index contributed by atoms with van der Waals surface area (Å²) in [5, 5.41) is 5.96. The normalized spacial score (nSPS) is 21.8. The molecular formula is C23H31N5O. The Labute approximate surface area is 173 Å². The molecule has 1 saturated heterocycles. The van der Waals surface area contributed by atoms with Crippen LogP contribution in [-0.4, -0.2) is 54.7 Å². The quantitative estimate of drug-likeness (QED) is 0.788. The zero-order chi connectivity index (χ0) is 20.2. The fourth-order valence-corrected chi connectivity index (χ4v) is 4.08. The molecule has 0 bridgehead atoms. The van der Waals surface area contributed by atoms with Gasteiger partial charge >= 0.3 is 6.03 Å². The molecule has 6 heteroatoms. The van der Waals surface area contributed by atoms with Crippen molar-refractivity contribution in [3.05, 3.63) is 54.2 Å². The van der Waals surface area contributed by atoms with Gasteiger partial charge < -0.3 is 15.5 Å². The van der Waals surface area contributed by atoms with Gasteiger partial charge in [0.05, 0.1) is 11.9 Å². The van der Waals surface area contributed by atoms with Crippen LogP contribution in [0.15, 0.2) is 48.7 Å². The highest BCUT2D eigenvalue weighted by Gasteiger charge is 2.39. The molecule has 2 fully saturated rings. The van der Waals surface area contributed by atoms with E-state index < -0.39 is 0 Å². The number of hydrogen-bond acceptors (Lipinski definition) is 4. The summed E-state index contributed by atoms with van der Waals surface area (Å²) in [6.07, 6.45) is 2.74. The van der Waals surface area contributed by atoms with E-state index in [0.717, 1.165) is 50.6 Å². The number of carbonyl (C=O) groups is 1. The van der Waals surface area contributed by atoms with Gasteiger partial charge in [0.2, 0.25) is 0 Å². The first-order valence-electron chi connectivity index (χ1n) is 10.6. The monoisotopic (exact) mass is 393 g/mol. The number of urea groups is 1. The van der Waals surface area contributed by atoms with Crippen LogP contribution in [0.4, 0.5) is 16.3 Å². The van der Waals surface area contributed by atoms with E-state index in [1.54, 1.807) is 6.20 Å². The van der Waals surface area contributed by atoms with Gasteiger partial charge in [-0.05, 0) is 30.0 Å². The highest BCUT2D eigenvalue weighted by molar-refractivity contribution is 5.89. The number of hydrogen-bond donors (Lipinski definition) is 2. The molecule has 154 valence electrons. The van der Waals surface area contributed by atoms with Gasteiger partial charge in [-0.2, -0.15) is 0 Å². The molecule has 1 saturated carbocycles. The summed E-state index contributed by atoms with van der Waals surface area (Å²) in [5.74, 6) is 2.11. The van der Waals surface area contributed by atoms with Crippen molar-refractivity contribution in [1.82, 2.24) is 15.2 Å². The van der Waals surface area contributed by atoms with Gasteiger partial charge in [-0.15, -0.1) is 0 Å². The minimum atomic E-state index is -0.162. The van der Waals surface area contributed by atoms with Gasteiger partial charge in [0.25, 0.3) is 0 Å². The maximum absolute atomic E-state index is 12.3. The summed E-state index contributed by atoms with van der Waals surface area (Å²) >= 11 is 0. The van der Waals surface area contributed by atoms with Crippen LogP contribution in [-0.2, 0) is 0 Å². The summed E-state index contributed by atoms with van der Waals surface area (Å²) in [4.78, 5) is 21.7. The van der Waals surface area contributed by atoms with Crippen LogP contribution in [0.25, 0.3) is 0 Å². The zero-order valence-electron chi connectivity index (χ0n) is 17.3. The van der Waals surface area contributed by atoms with Crippen molar-refractivity contribution in [2.45, 2.75) is 32.2 Å². The van der Waals surface area contributed by atoms with Crippen LogP contribution in [0.2, 0.25) is 0 Å². The molecule has 6 nitrogen and oxygen atoms in total. The van der Waals surface area contributed by atoms with Gasteiger partial charge in [0.1, 0.15) is 5.82 Å². The summed E-state index contributed by atoms with van der Waals surface area (Å²) in [6, 6.07) is 14.3.